The number of aromatic carboxylic acids is 1. The third-order valence-electron chi connectivity index (χ3n) is 4.56. The maximum atomic E-state index is 11.7. The van der Waals surface area contributed by atoms with Crippen molar-refractivity contribution >= 4 is 28.6 Å². The van der Waals surface area contributed by atoms with Crippen LogP contribution in [-0.2, 0) is 0 Å². The number of hydrogen-bond donors (Lipinski definition) is 1. The van der Waals surface area contributed by atoms with Gasteiger partial charge in [-0.15, -0.1) is 0 Å². The van der Waals surface area contributed by atoms with Crippen LogP contribution in [0, 0.1) is 6.92 Å². The number of aromatic nitrogens is 3. The van der Waals surface area contributed by atoms with Crippen molar-refractivity contribution in [3.05, 3.63) is 71.0 Å². The minimum atomic E-state index is -1.11. The summed E-state index contributed by atoms with van der Waals surface area (Å²) in [4.78, 5) is 16.0. The fourth-order valence-electron chi connectivity index (χ4n) is 3.02. The third kappa shape index (κ3) is 3.08. The number of carboxylic acids is 1. The molecule has 0 bridgehead atoms. The monoisotopic (exact) mass is 393 g/mol. The van der Waals surface area contributed by atoms with Crippen LogP contribution in [0.4, 0.5) is 0 Å². The van der Waals surface area contributed by atoms with E-state index in [4.69, 9.17) is 16.3 Å². The van der Waals surface area contributed by atoms with E-state index in [0.29, 0.717) is 16.4 Å². The van der Waals surface area contributed by atoms with E-state index in [1.807, 2.05) is 43.3 Å². The Hall–Kier alpha value is -3.38. The Balaban J connectivity index is 1.96. The van der Waals surface area contributed by atoms with Crippen LogP contribution in [0.15, 0.2) is 54.7 Å². The van der Waals surface area contributed by atoms with E-state index in [9.17, 15) is 9.90 Å². The Morgan fingerprint density at radius 1 is 1.14 bits per heavy atom. The fraction of sp³-hybridized carbons (Fsp3) is 0.0952. The zero-order valence-corrected chi connectivity index (χ0v) is 15.9. The fourth-order valence-corrected chi connectivity index (χ4v) is 3.20. The largest absolute Gasteiger partial charge is 0.497 e. The number of rotatable bonds is 4. The number of aryl methyl sites for hydroxylation is 1. The van der Waals surface area contributed by atoms with Gasteiger partial charge in [0.25, 0.3) is 0 Å². The standard InChI is InChI=1S/C21H16ClN3O3/c1-12-3-6-14(9-18(12)22)25-20-17(11-23-25)16(10-19(24-20)21(26)27)13-4-7-15(28-2)8-5-13/h3-11H,1-2H3,(H,26,27). The van der Waals surface area contributed by atoms with Crippen LogP contribution in [0.5, 0.6) is 5.75 Å². The highest BCUT2D eigenvalue weighted by Gasteiger charge is 2.17. The van der Waals surface area contributed by atoms with Crippen LogP contribution in [0.3, 0.4) is 0 Å². The summed E-state index contributed by atoms with van der Waals surface area (Å²) in [7, 11) is 1.60. The van der Waals surface area contributed by atoms with Crippen molar-refractivity contribution in [3.8, 4) is 22.6 Å². The van der Waals surface area contributed by atoms with Gasteiger partial charge < -0.3 is 9.84 Å². The molecule has 0 spiro atoms. The van der Waals surface area contributed by atoms with E-state index in [1.165, 1.54) is 0 Å². The second-order valence-electron chi connectivity index (χ2n) is 6.32. The summed E-state index contributed by atoms with van der Waals surface area (Å²) in [5.41, 5.74) is 3.62. The summed E-state index contributed by atoms with van der Waals surface area (Å²) in [6.07, 6.45) is 1.68. The lowest BCUT2D eigenvalue weighted by Crippen LogP contribution is -2.04. The number of hydrogen-bond acceptors (Lipinski definition) is 4. The number of fused-ring (bicyclic) bond motifs is 1. The Morgan fingerprint density at radius 2 is 1.89 bits per heavy atom. The summed E-state index contributed by atoms with van der Waals surface area (Å²) < 4.78 is 6.80. The number of carbonyl (C=O) groups is 1. The van der Waals surface area contributed by atoms with Gasteiger partial charge in [-0.25, -0.2) is 14.5 Å². The molecule has 0 fully saturated rings. The maximum absolute atomic E-state index is 11.7. The highest BCUT2D eigenvalue weighted by atomic mass is 35.5. The molecule has 0 aliphatic rings. The lowest BCUT2D eigenvalue weighted by molar-refractivity contribution is 0.0691. The molecule has 2 aromatic carbocycles. The topological polar surface area (TPSA) is 77.2 Å². The Labute approximate surface area is 166 Å². The van der Waals surface area contributed by atoms with Crippen molar-refractivity contribution in [1.82, 2.24) is 14.8 Å². The Morgan fingerprint density at radius 3 is 2.54 bits per heavy atom. The molecule has 0 atom stereocenters. The molecular formula is C21H16ClN3O3. The quantitative estimate of drug-likeness (QED) is 0.541. The molecule has 1 N–H and O–H groups in total. The maximum Gasteiger partial charge on any atom is 0.354 e. The van der Waals surface area contributed by atoms with Gasteiger partial charge in [0.05, 0.1) is 19.0 Å². The summed E-state index contributed by atoms with van der Waals surface area (Å²) in [5, 5.41) is 15.3. The molecule has 2 heterocycles. The van der Waals surface area contributed by atoms with Gasteiger partial charge in [-0.05, 0) is 53.9 Å². The average Bonchev–Trinajstić information content (AvgIpc) is 3.13. The molecule has 0 amide bonds. The molecule has 0 aliphatic carbocycles. The molecule has 28 heavy (non-hydrogen) atoms. The molecule has 0 saturated heterocycles. The molecule has 4 aromatic rings. The molecular weight excluding hydrogens is 378 g/mol. The lowest BCUT2D eigenvalue weighted by Gasteiger charge is -2.09. The number of pyridine rings is 1. The van der Waals surface area contributed by atoms with Crippen molar-refractivity contribution in [2.75, 3.05) is 7.11 Å². The van der Waals surface area contributed by atoms with E-state index in [1.54, 1.807) is 30.1 Å². The highest BCUT2D eigenvalue weighted by molar-refractivity contribution is 6.31. The number of methoxy groups -OCH3 is 1. The highest BCUT2D eigenvalue weighted by Crippen LogP contribution is 2.31. The summed E-state index contributed by atoms with van der Waals surface area (Å²) in [6.45, 7) is 1.91. The van der Waals surface area contributed by atoms with Gasteiger partial charge in [-0.3, -0.25) is 0 Å². The SMILES string of the molecule is COc1ccc(-c2cc(C(=O)O)nc3c2cnn3-c2ccc(C)c(Cl)c2)cc1. The van der Waals surface area contributed by atoms with Crippen LogP contribution in [-0.4, -0.2) is 33.0 Å². The number of benzene rings is 2. The molecule has 4 rings (SSSR count). The second-order valence-corrected chi connectivity index (χ2v) is 6.72. The zero-order valence-electron chi connectivity index (χ0n) is 15.2. The first-order valence-corrected chi connectivity index (χ1v) is 8.89. The van der Waals surface area contributed by atoms with Crippen molar-refractivity contribution in [2.24, 2.45) is 0 Å². The van der Waals surface area contributed by atoms with E-state index < -0.39 is 5.97 Å². The molecule has 0 aliphatic heterocycles. The first kappa shape index (κ1) is 18.0. The van der Waals surface area contributed by atoms with Crippen LogP contribution in [0.1, 0.15) is 16.1 Å². The minimum absolute atomic E-state index is 0.0572. The Kier molecular flexibility index (Phi) is 4.49. The van der Waals surface area contributed by atoms with E-state index >= 15 is 0 Å². The van der Waals surface area contributed by atoms with Gasteiger partial charge in [0.1, 0.15) is 5.75 Å². The van der Waals surface area contributed by atoms with Crippen LogP contribution < -0.4 is 4.74 Å². The summed E-state index contributed by atoms with van der Waals surface area (Å²) in [5.74, 6) is -0.385. The van der Waals surface area contributed by atoms with Gasteiger partial charge in [0.15, 0.2) is 11.3 Å². The van der Waals surface area contributed by atoms with Crippen molar-refractivity contribution in [3.63, 3.8) is 0 Å². The van der Waals surface area contributed by atoms with Crippen LogP contribution >= 0.6 is 11.6 Å². The zero-order chi connectivity index (χ0) is 19.8. The summed E-state index contributed by atoms with van der Waals surface area (Å²) in [6, 6.07) is 14.5. The van der Waals surface area contributed by atoms with Gasteiger partial charge in [-0.2, -0.15) is 5.10 Å². The van der Waals surface area contributed by atoms with Gasteiger partial charge in [0.2, 0.25) is 0 Å². The molecule has 0 unspecified atom stereocenters. The van der Waals surface area contributed by atoms with E-state index in [2.05, 4.69) is 10.1 Å². The lowest BCUT2D eigenvalue weighted by atomic mass is 10.0. The predicted octanol–water partition coefficient (Wildman–Crippen LogP) is 4.76. The molecule has 6 nitrogen and oxygen atoms in total. The number of nitrogens with zero attached hydrogens (tertiary/aromatic N) is 3. The second kappa shape index (κ2) is 6.98. The van der Waals surface area contributed by atoms with Gasteiger partial charge >= 0.3 is 5.97 Å². The molecule has 2 aromatic heterocycles. The Bertz CT molecular complexity index is 1200. The number of ether oxygens (including phenoxy) is 1. The first-order valence-electron chi connectivity index (χ1n) is 8.51. The normalized spacial score (nSPS) is 11.0. The van der Waals surface area contributed by atoms with E-state index in [-0.39, 0.29) is 5.69 Å². The smallest absolute Gasteiger partial charge is 0.354 e. The molecule has 0 radical (unpaired) electrons. The minimum Gasteiger partial charge on any atom is -0.497 e. The number of carboxylic acid groups (broad SMARTS) is 1. The average molecular weight is 394 g/mol. The predicted molar refractivity (Wildman–Crippen MR) is 108 cm³/mol. The third-order valence-corrected chi connectivity index (χ3v) is 4.97. The van der Waals surface area contributed by atoms with Gasteiger partial charge in [0, 0.05) is 10.4 Å². The van der Waals surface area contributed by atoms with Crippen LogP contribution in [0.2, 0.25) is 5.02 Å². The summed E-state index contributed by atoms with van der Waals surface area (Å²) >= 11 is 6.25. The van der Waals surface area contributed by atoms with Crippen molar-refractivity contribution < 1.29 is 14.6 Å². The van der Waals surface area contributed by atoms with E-state index in [0.717, 1.165) is 27.8 Å². The number of halogens is 1. The first-order chi connectivity index (χ1) is 13.5. The van der Waals surface area contributed by atoms with Crippen LogP contribution in [0.25, 0.3) is 27.8 Å². The van der Waals surface area contributed by atoms with Crippen molar-refractivity contribution in [2.45, 2.75) is 6.92 Å². The molecule has 7 heteroatoms. The molecule has 0 saturated carbocycles. The molecule has 140 valence electrons. The van der Waals surface area contributed by atoms with Gasteiger partial charge in [-0.1, -0.05) is 29.8 Å². The van der Waals surface area contributed by atoms with Crippen molar-refractivity contribution in [1.29, 1.82) is 0 Å².